The molecule has 1 unspecified atom stereocenters. The van der Waals surface area contributed by atoms with E-state index < -0.39 is 32.7 Å². The van der Waals surface area contributed by atoms with Crippen molar-refractivity contribution in [3.63, 3.8) is 0 Å². The number of hydrogen-bond donors (Lipinski definition) is 1. The van der Waals surface area contributed by atoms with Crippen molar-refractivity contribution in [2.75, 3.05) is 20.7 Å². The van der Waals surface area contributed by atoms with Crippen LogP contribution in [0.2, 0.25) is 10.0 Å². The number of halogens is 5. The molecule has 1 atom stereocenters. The maximum atomic E-state index is 11.8. The number of aliphatic hydroxyl groups is 1. The molecular formula is C13H16Cl5NO4S. The van der Waals surface area contributed by atoms with Crippen molar-refractivity contribution in [2.45, 2.75) is 22.7 Å². The van der Waals surface area contributed by atoms with Gasteiger partial charge in [-0.15, -0.1) is 0 Å². The van der Waals surface area contributed by atoms with Gasteiger partial charge in [0.2, 0.25) is 0 Å². The van der Waals surface area contributed by atoms with Crippen LogP contribution in [-0.2, 0) is 20.1 Å². The fraction of sp³-hybridized carbons (Fsp3) is 0.538. The molecule has 0 bridgehead atoms. The summed E-state index contributed by atoms with van der Waals surface area (Å²) in [7, 11) is -1.48. The zero-order valence-electron chi connectivity index (χ0n) is 13.0. The fourth-order valence-corrected chi connectivity index (χ4v) is 3.46. The SMILES string of the molecule is Cc1c(Cl)cc(C(O)(COS(=O)(=O)N(C)C)CC(Cl)(Cl)Cl)cc1Cl. The predicted molar refractivity (Wildman–Crippen MR) is 98.6 cm³/mol. The van der Waals surface area contributed by atoms with E-state index in [-0.39, 0.29) is 15.6 Å². The Morgan fingerprint density at radius 3 is 2.00 bits per heavy atom. The van der Waals surface area contributed by atoms with Gasteiger partial charge in [0.1, 0.15) is 12.2 Å². The van der Waals surface area contributed by atoms with Gasteiger partial charge >= 0.3 is 10.3 Å². The number of nitrogens with zero attached hydrogens (tertiary/aromatic N) is 1. The molecule has 1 aromatic carbocycles. The van der Waals surface area contributed by atoms with Crippen molar-refractivity contribution in [1.82, 2.24) is 4.31 Å². The Balaban J connectivity index is 3.30. The molecule has 1 aromatic rings. The Kier molecular flexibility index (Phi) is 7.54. The Hall–Kier alpha value is 0.500. The zero-order chi connectivity index (χ0) is 18.9. The molecule has 0 aromatic heterocycles. The predicted octanol–water partition coefficient (Wildman–Crippen LogP) is 4.07. The van der Waals surface area contributed by atoms with E-state index in [4.69, 9.17) is 62.2 Å². The lowest BCUT2D eigenvalue weighted by Gasteiger charge is -2.32. The number of rotatable bonds is 6. The van der Waals surface area contributed by atoms with E-state index in [1.54, 1.807) is 6.92 Å². The van der Waals surface area contributed by atoms with Gasteiger partial charge in [-0.25, -0.2) is 0 Å². The first-order valence-corrected chi connectivity index (χ1v) is 9.75. The number of alkyl halides is 3. The molecule has 0 amide bonds. The normalized spacial score (nSPS) is 15.6. The quantitative estimate of drug-likeness (QED) is 0.651. The first-order chi connectivity index (χ1) is 10.7. The van der Waals surface area contributed by atoms with Crippen LogP contribution in [0.25, 0.3) is 0 Å². The first kappa shape index (κ1) is 22.5. The van der Waals surface area contributed by atoms with E-state index in [1.807, 2.05) is 0 Å². The Labute approximate surface area is 166 Å². The third-order valence-corrected chi connectivity index (χ3v) is 5.70. The molecule has 11 heteroatoms. The van der Waals surface area contributed by atoms with Crippen LogP contribution in [-0.4, -0.2) is 42.3 Å². The van der Waals surface area contributed by atoms with Crippen LogP contribution in [0.4, 0.5) is 0 Å². The maximum Gasteiger partial charge on any atom is 0.337 e. The van der Waals surface area contributed by atoms with Crippen molar-refractivity contribution < 1.29 is 17.7 Å². The van der Waals surface area contributed by atoms with Crippen LogP contribution < -0.4 is 0 Å². The molecule has 0 saturated carbocycles. The van der Waals surface area contributed by atoms with E-state index in [1.165, 1.54) is 26.2 Å². The summed E-state index contributed by atoms with van der Waals surface area (Å²) >= 11 is 29.5. The van der Waals surface area contributed by atoms with Crippen molar-refractivity contribution >= 4 is 68.3 Å². The largest absolute Gasteiger partial charge is 0.383 e. The molecular weight excluding hydrogens is 443 g/mol. The zero-order valence-corrected chi connectivity index (χ0v) is 17.6. The molecule has 0 spiro atoms. The van der Waals surface area contributed by atoms with Crippen LogP contribution in [0.5, 0.6) is 0 Å². The van der Waals surface area contributed by atoms with Gasteiger partial charge in [-0.2, -0.15) is 12.7 Å². The molecule has 5 nitrogen and oxygen atoms in total. The van der Waals surface area contributed by atoms with Crippen LogP contribution in [0.1, 0.15) is 17.5 Å². The summed E-state index contributed by atoms with van der Waals surface area (Å²) < 4.78 is 27.4. The van der Waals surface area contributed by atoms with Gasteiger partial charge in [0.05, 0.1) is 0 Å². The van der Waals surface area contributed by atoms with E-state index in [9.17, 15) is 13.5 Å². The summed E-state index contributed by atoms with van der Waals surface area (Å²) in [6.07, 6.45) is -0.441. The highest BCUT2D eigenvalue weighted by molar-refractivity contribution is 7.84. The number of benzene rings is 1. The molecule has 0 aliphatic heterocycles. The third-order valence-electron chi connectivity index (χ3n) is 3.21. The summed E-state index contributed by atoms with van der Waals surface area (Å²) in [5, 5.41) is 11.5. The molecule has 0 aliphatic carbocycles. The Morgan fingerprint density at radius 1 is 1.17 bits per heavy atom. The topological polar surface area (TPSA) is 66.8 Å². The molecule has 0 aliphatic rings. The van der Waals surface area contributed by atoms with Gasteiger partial charge in [-0.05, 0) is 30.2 Å². The van der Waals surface area contributed by atoms with Crippen LogP contribution >= 0.6 is 58.0 Å². The Morgan fingerprint density at radius 2 is 1.62 bits per heavy atom. The molecule has 138 valence electrons. The highest BCUT2D eigenvalue weighted by atomic mass is 35.6. The van der Waals surface area contributed by atoms with Gasteiger partial charge < -0.3 is 5.11 Å². The summed E-state index contributed by atoms with van der Waals surface area (Å²) in [5.41, 5.74) is -1.18. The van der Waals surface area contributed by atoms with E-state index in [2.05, 4.69) is 0 Å². The van der Waals surface area contributed by atoms with E-state index in [0.717, 1.165) is 4.31 Å². The standard InChI is InChI=1S/C13H16Cl5NO4S/c1-8-10(14)4-9(5-11(8)15)12(20,6-13(16,17)18)7-23-24(21,22)19(2)3/h4-5,20H,6-7H2,1-3H3. The summed E-state index contributed by atoms with van der Waals surface area (Å²) in [5.74, 6) is 0. The van der Waals surface area contributed by atoms with Gasteiger partial charge in [0.25, 0.3) is 0 Å². The molecule has 0 saturated heterocycles. The second-order valence-electron chi connectivity index (χ2n) is 5.39. The van der Waals surface area contributed by atoms with Crippen LogP contribution in [0.15, 0.2) is 12.1 Å². The Bertz CT molecular complexity index is 682. The second kappa shape index (κ2) is 8.03. The van der Waals surface area contributed by atoms with Gasteiger partial charge in [0, 0.05) is 30.6 Å². The fourth-order valence-electron chi connectivity index (χ4n) is 1.76. The highest BCUT2D eigenvalue weighted by Crippen LogP contribution is 2.42. The molecule has 1 rings (SSSR count). The second-order valence-corrected chi connectivity index (χ2v) is 10.5. The van der Waals surface area contributed by atoms with Gasteiger partial charge in [-0.1, -0.05) is 58.0 Å². The lowest BCUT2D eigenvalue weighted by Crippen LogP contribution is -2.38. The smallest absolute Gasteiger partial charge is 0.337 e. The summed E-state index contributed by atoms with van der Waals surface area (Å²) in [6, 6.07) is 2.84. The lowest BCUT2D eigenvalue weighted by molar-refractivity contribution is -0.0158. The third kappa shape index (κ3) is 6.04. The first-order valence-electron chi connectivity index (χ1n) is 6.50. The average molecular weight is 460 g/mol. The van der Waals surface area contributed by atoms with Gasteiger partial charge in [-0.3, -0.25) is 4.18 Å². The minimum absolute atomic E-state index is 0.170. The van der Waals surface area contributed by atoms with Crippen molar-refractivity contribution in [1.29, 1.82) is 0 Å². The van der Waals surface area contributed by atoms with E-state index in [0.29, 0.717) is 5.56 Å². The lowest BCUT2D eigenvalue weighted by atomic mass is 9.91. The van der Waals surface area contributed by atoms with Crippen LogP contribution in [0, 0.1) is 6.92 Å². The number of hydrogen-bond acceptors (Lipinski definition) is 4. The van der Waals surface area contributed by atoms with Crippen molar-refractivity contribution in [3.8, 4) is 0 Å². The molecule has 0 radical (unpaired) electrons. The molecule has 0 fully saturated rings. The summed E-state index contributed by atoms with van der Waals surface area (Å²) in [6.45, 7) is 1.01. The van der Waals surface area contributed by atoms with Crippen molar-refractivity contribution in [3.05, 3.63) is 33.3 Å². The molecule has 24 heavy (non-hydrogen) atoms. The highest BCUT2D eigenvalue weighted by Gasteiger charge is 2.40. The van der Waals surface area contributed by atoms with Crippen LogP contribution in [0.3, 0.4) is 0 Å². The average Bonchev–Trinajstić information content (AvgIpc) is 2.40. The van der Waals surface area contributed by atoms with Crippen molar-refractivity contribution in [2.24, 2.45) is 0 Å². The minimum atomic E-state index is -4.05. The monoisotopic (exact) mass is 457 g/mol. The minimum Gasteiger partial charge on any atom is -0.383 e. The van der Waals surface area contributed by atoms with E-state index >= 15 is 0 Å². The van der Waals surface area contributed by atoms with Gasteiger partial charge in [0.15, 0.2) is 3.79 Å². The molecule has 0 heterocycles. The summed E-state index contributed by atoms with van der Waals surface area (Å²) in [4.78, 5) is 0. The maximum absolute atomic E-state index is 11.8. The molecule has 1 N–H and O–H groups in total.